The molecule has 0 unspecified atom stereocenters. The largest absolute Gasteiger partial charge is 0.462 e. The van der Waals surface area contributed by atoms with Gasteiger partial charge in [-0.25, -0.2) is 0 Å². The van der Waals surface area contributed by atoms with E-state index in [0.717, 1.165) is 50.2 Å². The maximum atomic E-state index is 11.3. The Morgan fingerprint density at radius 2 is 1.92 bits per heavy atom. The van der Waals surface area contributed by atoms with Crippen molar-refractivity contribution in [2.24, 2.45) is 33.7 Å². The zero-order valence-corrected chi connectivity index (χ0v) is 15.8. The van der Waals surface area contributed by atoms with Crippen molar-refractivity contribution < 1.29 is 14.7 Å². The standard InChI is InChI=1S/C21H31NO3/c1-13(23)25-15-8-10-20(2)14(12-15)4-5-16-17-6-7-19(22-24)21(17,3)11-9-18(16)20/h4,15-18,24H,5-12H2,1-3H3/b22-19+/t15-,16+,17-,18-,20+,21-/m1/s1. The molecule has 1 N–H and O–H groups in total. The van der Waals surface area contributed by atoms with Crippen LogP contribution in [-0.4, -0.2) is 23.0 Å². The van der Waals surface area contributed by atoms with Crippen LogP contribution in [0.5, 0.6) is 0 Å². The summed E-state index contributed by atoms with van der Waals surface area (Å²) in [7, 11) is 0. The Morgan fingerprint density at radius 1 is 1.20 bits per heavy atom. The highest BCUT2D eigenvalue weighted by atomic mass is 16.5. The number of fused-ring (bicyclic) bond motifs is 5. The number of nitrogens with zero attached hydrogens (tertiary/aromatic N) is 1. The van der Waals surface area contributed by atoms with Gasteiger partial charge in [-0.2, -0.15) is 0 Å². The Balaban J connectivity index is 1.60. The van der Waals surface area contributed by atoms with Crippen LogP contribution in [0.1, 0.15) is 72.1 Å². The summed E-state index contributed by atoms with van der Waals surface area (Å²) in [4.78, 5) is 11.3. The molecule has 0 saturated heterocycles. The minimum absolute atomic E-state index is 0.0711. The molecule has 4 aliphatic carbocycles. The highest BCUT2D eigenvalue weighted by Crippen LogP contribution is 2.64. The van der Waals surface area contributed by atoms with Gasteiger partial charge >= 0.3 is 5.97 Å². The van der Waals surface area contributed by atoms with Crippen molar-refractivity contribution in [2.75, 3.05) is 0 Å². The summed E-state index contributed by atoms with van der Waals surface area (Å²) < 4.78 is 5.51. The van der Waals surface area contributed by atoms with Crippen LogP contribution >= 0.6 is 0 Å². The van der Waals surface area contributed by atoms with E-state index in [9.17, 15) is 10.0 Å². The molecule has 6 atom stereocenters. The van der Waals surface area contributed by atoms with Crippen molar-refractivity contribution in [1.29, 1.82) is 0 Å². The molecular formula is C21H31NO3. The fraction of sp³-hybridized carbons (Fsp3) is 0.810. The number of allylic oxidation sites excluding steroid dienone is 1. The van der Waals surface area contributed by atoms with Crippen molar-refractivity contribution in [2.45, 2.75) is 78.2 Å². The molecule has 3 saturated carbocycles. The van der Waals surface area contributed by atoms with Crippen molar-refractivity contribution in [3.05, 3.63) is 11.6 Å². The van der Waals surface area contributed by atoms with Crippen LogP contribution in [0.2, 0.25) is 0 Å². The smallest absolute Gasteiger partial charge is 0.302 e. The van der Waals surface area contributed by atoms with Crippen molar-refractivity contribution >= 4 is 11.7 Å². The minimum atomic E-state index is -0.155. The maximum Gasteiger partial charge on any atom is 0.302 e. The summed E-state index contributed by atoms with van der Waals surface area (Å²) in [6, 6.07) is 0. The Labute approximate surface area is 150 Å². The number of oxime groups is 1. The molecule has 0 spiro atoms. The van der Waals surface area contributed by atoms with Gasteiger partial charge in [-0.05, 0) is 68.1 Å². The van der Waals surface area contributed by atoms with Crippen LogP contribution in [0.3, 0.4) is 0 Å². The normalized spacial score (nSPS) is 47.5. The van der Waals surface area contributed by atoms with Crippen LogP contribution in [-0.2, 0) is 9.53 Å². The molecule has 0 aliphatic heterocycles. The van der Waals surface area contributed by atoms with Gasteiger partial charge in [0.25, 0.3) is 0 Å². The average molecular weight is 345 g/mol. The van der Waals surface area contributed by atoms with Crippen LogP contribution < -0.4 is 0 Å². The van der Waals surface area contributed by atoms with Gasteiger partial charge in [0, 0.05) is 18.8 Å². The van der Waals surface area contributed by atoms with E-state index in [-0.39, 0.29) is 22.9 Å². The molecule has 4 rings (SSSR count). The number of rotatable bonds is 1. The number of esters is 1. The Kier molecular flexibility index (Phi) is 4.01. The molecule has 4 heteroatoms. The lowest BCUT2D eigenvalue weighted by Crippen LogP contribution is -2.50. The first-order chi connectivity index (χ1) is 11.9. The molecule has 0 aromatic heterocycles. The molecule has 0 bridgehead atoms. The summed E-state index contributed by atoms with van der Waals surface area (Å²) in [6.45, 7) is 6.30. The number of carbonyl (C=O) groups excluding carboxylic acids is 1. The summed E-state index contributed by atoms with van der Waals surface area (Å²) in [5.74, 6) is 1.93. The molecule has 25 heavy (non-hydrogen) atoms. The van der Waals surface area contributed by atoms with E-state index in [4.69, 9.17) is 4.74 Å². The first kappa shape index (κ1) is 17.1. The Bertz CT molecular complexity index is 639. The van der Waals surface area contributed by atoms with E-state index in [1.807, 2.05) is 0 Å². The lowest BCUT2D eigenvalue weighted by atomic mass is 9.48. The Hall–Kier alpha value is -1.32. The first-order valence-electron chi connectivity index (χ1n) is 9.96. The molecule has 4 nitrogen and oxygen atoms in total. The maximum absolute atomic E-state index is 11.3. The van der Waals surface area contributed by atoms with E-state index in [1.165, 1.54) is 25.3 Å². The predicted octanol–water partition coefficient (Wildman–Crippen LogP) is 4.71. The third-order valence-corrected chi connectivity index (χ3v) is 8.25. The Morgan fingerprint density at radius 3 is 2.64 bits per heavy atom. The molecule has 4 aliphatic rings. The number of ether oxygens (including phenoxy) is 1. The second-order valence-corrected chi connectivity index (χ2v) is 9.28. The molecule has 0 amide bonds. The predicted molar refractivity (Wildman–Crippen MR) is 96.5 cm³/mol. The van der Waals surface area contributed by atoms with E-state index < -0.39 is 0 Å². The van der Waals surface area contributed by atoms with E-state index >= 15 is 0 Å². The zero-order chi connectivity index (χ0) is 17.8. The molecule has 0 aromatic carbocycles. The third-order valence-electron chi connectivity index (χ3n) is 8.25. The van der Waals surface area contributed by atoms with Gasteiger partial charge < -0.3 is 9.94 Å². The van der Waals surface area contributed by atoms with Crippen LogP contribution in [0.25, 0.3) is 0 Å². The summed E-state index contributed by atoms with van der Waals surface area (Å²) in [6.07, 6.45) is 11.2. The highest BCUT2D eigenvalue weighted by molar-refractivity contribution is 5.92. The van der Waals surface area contributed by atoms with Gasteiger partial charge in [0.05, 0.1) is 5.71 Å². The van der Waals surface area contributed by atoms with Gasteiger partial charge in [0.1, 0.15) is 6.10 Å². The van der Waals surface area contributed by atoms with E-state index in [0.29, 0.717) is 11.8 Å². The first-order valence-corrected chi connectivity index (χ1v) is 9.96. The minimum Gasteiger partial charge on any atom is -0.462 e. The van der Waals surface area contributed by atoms with Gasteiger partial charge in [-0.3, -0.25) is 4.79 Å². The number of hydrogen-bond donors (Lipinski definition) is 1. The van der Waals surface area contributed by atoms with E-state index in [2.05, 4.69) is 25.1 Å². The van der Waals surface area contributed by atoms with Crippen LogP contribution in [0, 0.1) is 28.6 Å². The quantitative estimate of drug-likeness (QED) is 0.324. The molecule has 3 fully saturated rings. The summed E-state index contributed by atoms with van der Waals surface area (Å²) in [5, 5.41) is 13.1. The molecule has 138 valence electrons. The number of hydrogen-bond acceptors (Lipinski definition) is 4. The van der Waals surface area contributed by atoms with Gasteiger partial charge in [-0.1, -0.05) is 30.7 Å². The highest BCUT2D eigenvalue weighted by Gasteiger charge is 2.58. The lowest BCUT2D eigenvalue weighted by Gasteiger charge is -2.57. The second kappa shape index (κ2) is 5.85. The zero-order valence-electron chi connectivity index (χ0n) is 15.8. The van der Waals surface area contributed by atoms with Crippen molar-refractivity contribution in [1.82, 2.24) is 0 Å². The van der Waals surface area contributed by atoms with Gasteiger partial charge in [0.15, 0.2) is 0 Å². The fourth-order valence-electron chi connectivity index (χ4n) is 6.92. The van der Waals surface area contributed by atoms with Gasteiger partial charge in [0.2, 0.25) is 0 Å². The lowest BCUT2D eigenvalue weighted by molar-refractivity contribution is -0.148. The van der Waals surface area contributed by atoms with Crippen LogP contribution in [0.15, 0.2) is 16.8 Å². The second-order valence-electron chi connectivity index (χ2n) is 9.28. The SMILES string of the molecule is CC(=O)O[C@@H]1CC[C@@]2(C)C(=CC[C@@H]3[C@H]2CC[C@@]2(C)/C(=N/O)CC[C@H]32)C1. The monoisotopic (exact) mass is 345 g/mol. The average Bonchev–Trinajstić information content (AvgIpc) is 2.91. The molecular weight excluding hydrogens is 314 g/mol. The van der Waals surface area contributed by atoms with E-state index in [1.54, 1.807) is 0 Å². The van der Waals surface area contributed by atoms with Gasteiger partial charge in [-0.15, -0.1) is 0 Å². The van der Waals surface area contributed by atoms with Crippen LogP contribution in [0.4, 0.5) is 0 Å². The fourth-order valence-corrected chi connectivity index (χ4v) is 6.92. The molecule has 0 radical (unpaired) electrons. The molecule has 0 heterocycles. The molecule has 0 aromatic rings. The summed E-state index contributed by atoms with van der Waals surface area (Å²) >= 11 is 0. The van der Waals surface area contributed by atoms with Crippen molar-refractivity contribution in [3.8, 4) is 0 Å². The van der Waals surface area contributed by atoms with Crippen molar-refractivity contribution in [3.63, 3.8) is 0 Å². The third kappa shape index (κ3) is 2.47. The topological polar surface area (TPSA) is 58.9 Å². The summed E-state index contributed by atoms with van der Waals surface area (Å²) in [5.41, 5.74) is 2.94. The number of carbonyl (C=O) groups is 1.